The van der Waals surface area contributed by atoms with Gasteiger partial charge in [-0.1, -0.05) is 6.07 Å². The fourth-order valence-electron chi connectivity index (χ4n) is 2.50. The van der Waals surface area contributed by atoms with Crippen LogP contribution in [-0.4, -0.2) is 21.5 Å². The number of hydrogen-bond acceptors (Lipinski definition) is 3. The van der Waals surface area contributed by atoms with E-state index in [4.69, 9.17) is 4.74 Å². The van der Waals surface area contributed by atoms with Crippen molar-refractivity contribution in [3.05, 3.63) is 64.1 Å². The first-order chi connectivity index (χ1) is 11.8. The van der Waals surface area contributed by atoms with E-state index in [0.29, 0.717) is 12.1 Å². The van der Waals surface area contributed by atoms with E-state index < -0.39 is 0 Å². The molecule has 130 valence electrons. The van der Waals surface area contributed by atoms with Gasteiger partial charge in [-0.05, 0) is 62.7 Å². The lowest BCUT2D eigenvalue weighted by Gasteiger charge is -2.21. The largest absolute Gasteiger partial charge is 0.488 e. The number of amides is 1. The molecule has 0 saturated heterocycles. The molecular formula is C19H21N3O3. The molecule has 1 amide bonds. The maximum absolute atomic E-state index is 12.3. The minimum Gasteiger partial charge on any atom is -0.488 e. The SMILES string of the molecule is CC(C)(C)Oc1ccc(C(=O)NCc2ccc3[nH]c(=O)[nH]c3c2)cc1. The topological polar surface area (TPSA) is 87.0 Å². The lowest BCUT2D eigenvalue weighted by Crippen LogP contribution is -2.24. The van der Waals surface area contributed by atoms with Crippen LogP contribution in [0.4, 0.5) is 0 Å². The summed E-state index contributed by atoms with van der Waals surface area (Å²) in [6.45, 7) is 6.30. The summed E-state index contributed by atoms with van der Waals surface area (Å²) in [5.74, 6) is 0.566. The second-order valence-corrected chi connectivity index (χ2v) is 6.88. The van der Waals surface area contributed by atoms with E-state index in [1.54, 1.807) is 24.3 Å². The van der Waals surface area contributed by atoms with Gasteiger partial charge < -0.3 is 20.0 Å². The van der Waals surface area contributed by atoms with E-state index in [-0.39, 0.29) is 17.2 Å². The van der Waals surface area contributed by atoms with Crippen molar-refractivity contribution in [3.8, 4) is 5.75 Å². The molecule has 3 N–H and O–H groups in total. The van der Waals surface area contributed by atoms with Crippen LogP contribution in [-0.2, 0) is 6.54 Å². The number of imidazole rings is 1. The molecule has 0 saturated carbocycles. The molecule has 3 aromatic rings. The van der Waals surface area contributed by atoms with Crippen molar-refractivity contribution >= 4 is 16.9 Å². The number of H-pyrrole nitrogens is 2. The summed E-state index contributed by atoms with van der Waals surface area (Å²) in [6, 6.07) is 12.6. The van der Waals surface area contributed by atoms with Crippen LogP contribution in [0.3, 0.4) is 0 Å². The van der Waals surface area contributed by atoms with Gasteiger partial charge in [0.15, 0.2) is 0 Å². The van der Waals surface area contributed by atoms with Gasteiger partial charge in [0.25, 0.3) is 5.91 Å². The Morgan fingerprint density at radius 3 is 2.40 bits per heavy atom. The maximum Gasteiger partial charge on any atom is 0.323 e. The quantitative estimate of drug-likeness (QED) is 0.683. The average molecular weight is 339 g/mol. The molecule has 2 aromatic carbocycles. The maximum atomic E-state index is 12.3. The Morgan fingerprint density at radius 1 is 1.04 bits per heavy atom. The van der Waals surface area contributed by atoms with Crippen molar-refractivity contribution in [3.63, 3.8) is 0 Å². The smallest absolute Gasteiger partial charge is 0.323 e. The van der Waals surface area contributed by atoms with Crippen LogP contribution in [0.2, 0.25) is 0 Å². The number of aromatic nitrogens is 2. The number of hydrogen-bond donors (Lipinski definition) is 3. The van der Waals surface area contributed by atoms with Crippen molar-refractivity contribution in [1.82, 2.24) is 15.3 Å². The van der Waals surface area contributed by atoms with E-state index >= 15 is 0 Å². The summed E-state index contributed by atoms with van der Waals surface area (Å²) in [6.07, 6.45) is 0. The number of rotatable bonds is 4. The van der Waals surface area contributed by atoms with E-state index in [1.807, 2.05) is 39.0 Å². The Labute approximate surface area is 145 Å². The normalized spacial score (nSPS) is 11.5. The number of carbonyl (C=O) groups excluding carboxylic acids is 1. The molecule has 25 heavy (non-hydrogen) atoms. The number of aromatic amines is 2. The summed E-state index contributed by atoms with van der Waals surface area (Å²) < 4.78 is 5.74. The molecule has 0 aliphatic carbocycles. The predicted molar refractivity (Wildman–Crippen MR) is 96.9 cm³/mol. The molecule has 0 aliphatic heterocycles. The first-order valence-electron chi connectivity index (χ1n) is 8.08. The third-order valence-electron chi connectivity index (χ3n) is 3.57. The summed E-state index contributed by atoms with van der Waals surface area (Å²) in [7, 11) is 0. The molecule has 0 bridgehead atoms. The third kappa shape index (κ3) is 4.29. The fourth-order valence-corrected chi connectivity index (χ4v) is 2.50. The number of ether oxygens (including phenoxy) is 1. The zero-order chi connectivity index (χ0) is 18.0. The first kappa shape index (κ1) is 16.8. The van der Waals surface area contributed by atoms with Crippen molar-refractivity contribution in [1.29, 1.82) is 0 Å². The Hall–Kier alpha value is -3.02. The van der Waals surface area contributed by atoms with Gasteiger partial charge in [0, 0.05) is 12.1 Å². The van der Waals surface area contributed by atoms with E-state index in [9.17, 15) is 9.59 Å². The van der Waals surface area contributed by atoms with E-state index in [1.165, 1.54) is 0 Å². The van der Waals surface area contributed by atoms with Gasteiger partial charge in [0.1, 0.15) is 11.4 Å². The van der Waals surface area contributed by atoms with Gasteiger partial charge in [-0.2, -0.15) is 0 Å². The predicted octanol–water partition coefficient (Wildman–Crippen LogP) is 2.96. The second kappa shape index (κ2) is 6.47. The standard InChI is InChI=1S/C19H21N3O3/c1-19(2,3)25-14-7-5-13(6-8-14)17(23)20-11-12-4-9-15-16(10-12)22-18(24)21-15/h4-10H,11H2,1-3H3,(H,20,23)(H2,21,22,24). The van der Waals surface area contributed by atoms with Crippen LogP contribution in [0.1, 0.15) is 36.7 Å². The zero-order valence-electron chi connectivity index (χ0n) is 14.5. The summed E-state index contributed by atoms with van der Waals surface area (Å²) in [5, 5.41) is 2.87. The van der Waals surface area contributed by atoms with Crippen molar-refractivity contribution < 1.29 is 9.53 Å². The lowest BCUT2D eigenvalue weighted by molar-refractivity contribution is 0.0951. The molecule has 1 aromatic heterocycles. The highest BCUT2D eigenvalue weighted by atomic mass is 16.5. The number of nitrogens with one attached hydrogen (secondary N) is 3. The molecule has 1 heterocycles. The molecule has 0 atom stereocenters. The molecule has 0 radical (unpaired) electrons. The molecular weight excluding hydrogens is 318 g/mol. The van der Waals surface area contributed by atoms with Crippen molar-refractivity contribution in [2.24, 2.45) is 0 Å². The number of benzene rings is 2. The molecule has 3 rings (SSSR count). The Kier molecular flexibility index (Phi) is 4.35. The van der Waals surface area contributed by atoms with Gasteiger partial charge >= 0.3 is 5.69 Å². The van der Waals surface area contributed by atoms with Crippen LogP contribution in [0.5, 0.6) is 5.75 Å². The number of carbonyl (C=O) groups is 1. The van der Waals surface area contributed by atoms with Crippen LogP contribution in [0, 0.1) is 0 Å². The highest BCUT2D eigenvalue weighted by Crippen LogP contribution is 2.18. The Morgan fingerprint density at radius 2 is 1.72 bits per heavy atom. The molecule has 0 fully saturated rings. The summed E-state index contributed by atoms with van der Waals surface area (Å²) >= 11 is 0. The molecule has 0 aliphatic rings. The number of fused-ring (bicyclic) bond motifs is 1. The van der Waals surface area contributed by atoms with Gasteiger partial charge in [-0.25, -0.2) is 4.79 Å². The van der Waals surface area contributed by atoms with Crippen LogP contribution < -0.4 is 15.7 Å². The monoisotopic (exact) mass is 339 g/mol. The molecule has 0 unspecified atom stereocenters. The van der Waals surface area contributed by atoms with Crippen LogP contribution in [0.15, 0.2) is 47.3 Å². The minimum absolute atomic E-state index is 0.162. The van der Waals surface area contributed by atoms with Gasteiger partial charge in [-0.3, -0.25) is 4.79 Å². The summed E-state index contributed by atoms with van der Waals surface area (Å²) in [4.78, 5) is 28.9. The lowest BCUT2D eigenvalue weighted by atomic mass is 10.1. The van der Waals surface area contributed by atoms with Gasteiger partial charge in [-0.15, -0.1) is 0 Å². The zero-order valence-corrected chi connectivity index (χ0v) is 14.5. The third-order valence-corrected chi connectivity index (χ3v) is 3.57. The first-order valence-corrected chi connectivity index (χ1v) is 8.08. The van der Waals surface area contributed by atoms with Gasteiger partial charge in [0.05, 0.1) is 11.0 Å². The highest BCUT2D eigenvalue weighted by molar-refractivity contribution is 5.94. The Balaban J connectivity index is 1.64. The van der Waals surface area contributed by atoms with E-state index in [2.05, 4.69) is 15.3 Å². The Bertz CT molecular complexity index is 946. The second-order valence-electron chi connectivity index (χ2n) is 6.88. The molecule has 6 nitrogen and oxygen atoms in total. The summed E-state index contributed by atoms with van der Waals surface area (Å²) in [5.41, 5.74) is 2.42. The molecule has 0 spiro atoms. The van der Waals surface area contributed by atoms with Crippen LogP contribution in [0.25, 0.3) is 11.0 Å². The van der Waals surface area contributed by atoms with E-state index in [0.717, 1.165) is 22.3 Å². The van der Waals surface area contributed by atoms with Gasteiger partial charge in [0.2, 0.25) is 0 Å². The molecule has 6 heteroatoms. The minimum atomic E-state index is -0.276. The fraction of sp³-hybridized carbons (Fsp3) is 0.263. The van der Waals surface area contributed by atoms with Crippen molar-refractivity contribution in [2.75, 3.05) is 0 Å². The van der Waals surface area contributed by atoms with Crippen molar-refractivity contribution in [2.45, 2.75) is 32.9 Å². The van der Waals surface area contributed by atoms with Crippen LogP contribution >= 0.6 is 0 Å². The average Bonchev–Trinajstić information content (AvgIpc) is 2.91. The highest BCUT2D eigenvalue weighted by Gasteiger charge is 2.12.